The summed E-state index contributed by atoms with van der Waals surface area (Å²) in [6.07, 6.45) is 9.69. The molecule has 140 valence electrons. The van der Waals surface area contributed by atoms with Crippen molar-refractivity contribution in [2.45, 2.75) is 45.4 Å². The first-order chi connectivity index (χ1) is 12.7. The van der Waals surface area contributed by atoms with Gasteiger partial charge in [-0.1, -0.05) is 80.1 Å². The number of hydrogen-bond acceptors (Lipinski definition) is 4. The summed E-state index contributed by atoms with van der Waals surface area (Å²) in [5, 5.41) is 1.07. The van der Waals surface area contributed by atoms with Crippen molar-refractivity contribution >= 4 is 50.9 Å². The Morgan fingerprint density at radius 1 is 1.38 bits per heavy atom. The fourth-order valence-corrected chi connectivity index (χ4v) is 6.08. The van der Waals surface area contributed by atoms with E-state index in [1.54, 1.807) is 11.8 Å². The molecule has 1 aromatic rings. The Morgan fingerprint density at radius 3 is 2.92 bits per heavy atom. The topological polar surface area (TPSA) is 15.6 Å². The van der Waals surface area contributed by atoms with E-state index in [1.807, 2.05) is 17.8 Å². The van der Waals surface area contributed by atoms with Crippen molar-refractivity contribution in [2.75, 3.05) is 18.1 Å². The normalized spacial score (nSPS) is 21.1. The summed E-state index contributed by atoms with van der Waals surface area (Å²) in [6, 6.07) is 8.55. The Hall–Kier alpha value is -0.780. The highest BCUT2D eigenvalue weighted by atomic mass is 32.2. The van der Waals surface area contributed by atoms with E-state index < -0.39 is 0 Å². The van der Waals surface area contributed by atoms with Gasteiger partial charge < -0.3 is 4.90 Å². The average Bonchev–Trinajstić information content (AvgIpc) is 2.68. The Balaban J connectivity index is 1.85. The second-order valence-corrected chi connectivity index (χ2v) is 9.82. The standard InChI is InChI=1S/C21H28N2S3/c1-3-13-25-20(24)23-15-21(11-6-5-7-12-21)16-26-19(23)22-18-10-8-9-17(4-2)14-18/h3,8-10,14H,1,4-7,11-13,15-16H2,2H3. The molecule has 0 aromatic heterocycles. The van der Waals surface area contributed by atoms with Crippen LogP contribution in [0.1, 0.15) is 44.6 Å². The smallest absolute Gasteiger partial charge is 0.169 e. The molecule has 0 bridgehead atoms. The summed E-state index contributed by atoms with van der Waals surface area (Å²) in [5.74, 6) is 2.02. The first-order valence-corrected chi connectivity index (χ1v) is 11.9. The highest BCUT2D eigenvalue weighted by Gasteiger charge is 2.40. The monoisotopic (exact) mass is 404 g/mol. The lowest BCUT2D eigenvalue weighted by Crippen LogP contribution is -2.49. The van der Waals surface area contributed by atoms with Gasteiger partial charge in [-0.2, -0.15) is 0 Å². The van der Waals surface area contributed by atoms with Gasteiger partial charge in [0.05, 0.1) is 5.69 Å². The molecule has 0 unspecified atom stereocenters. The molecule has 0 N–H and O–H groups in total. The van der Waals surface area contributed by atoms with Crippen molar-refractivity contribution in [3.63, 3.8) is 0 Å². The zero-order valence-electron chi connectivity index (χ0n) is 15.6. The highest BCUT2D eigenvalue weighted by molar-refractivity contribution is 8.23. The molecule has 1 spiro atoms. The molecule has 0 amide bonds. The van der Waals surface area contributed by atoms with Gasteiger partial charge in [-0.3, -0.25) is 0 Å². The molecule has 1 aliphatic heterocycles. The van der Waals surface area contributed by atoms with Crippen LogP contribution in [0.25, 0.3) is 0 Å². The molecular weight excluding hydrogens is 376 g/mol. The summed E-state index contributed by atoms with van der Waals surface area (Å²) in [7, 11) is 0. The van der Waals surface area contributed by atoms with Crippen LogP contribution >= 0.6 is 35.7 Å². The van der Waals surface area contributed by atoms with Gasteiger partial charge in [0.25, 0.3) is 0 Å². The summed E-state index contributed by atoms with van der Waals surface area (Å²) < 4.78 is 0.937. The van der Waals surface area contributed by atoms with Crippen molar-refractivity contribution in [1.29, 1.82) is 0 Å². The third kappa shape index (κ3) is 4.93. The minimum absolute atomic E-state index is 0.409. The molecule has 1 saturated carbocycles. The van der Waals surface area contributed by atoms with Crippen LogP contribution in [0.4, 0.5) is 5.69 Å². The van der Waals surface area contributed by atoms with E-state index in [0.29, 0.717) is 5.41 Å². The summed E-state index contributed by atoms with van der Waals surface area (Å²) in [5.41, 5.74) is 2.77. The number of aryl methyl sites for hydroxylation is 1. The Labute approximate surface area is 171 Å². The van der Waals surface area contributed by atoms with Crippen LogP contribution in [0.3, 0.4) is 0 Å². The first kappa shape index (κ1) is 20.0. The molecule has 5 heteroatoms. The van der Waals surface area contributed by atoms with E-state index >= 15 is 0 Å². The van der Waals surface area contributed by atoms with E-state index in [0.717, 1.165) is 33.9 Å². The Kier molecular flexibility index (Phi) is 7.24. The molecule has 0 atom stereocenters. The van der Waals surface area contributed by atoms with Gasteiger partial charge in [0.2, 0.25) is 0 Å². The van der Waals surface area contributed by atoms with E-state index in [4.69, 9.17) is 17.2 Å². The maximum Gasteiger partial charge on any atom is 0.169 e. The molecule has 1 aromatic carbocycles. The molecule has 2 nitrogen and oxygen atoms in total. The number of benzene rings is 1. The molecule has 1 saturated heterocycles. The number of hydrogen-bond donors (Lipinski definition) is 0. The zero-order chi connectivity index (χ0) is 18.4. The van der Waals surface area contributed by atoms with E-state index in [-0.39, 0.29) is 0 Å². The van der Waals surface area contributed by atoms with Gasteiger partial charge in [-0.15, -0.1) is 6.58 Å². The van der Waals surface area contributed by atoms with Crippen LogP contribution < -0.4 is 0 Å². The summed E-state index contributed by atoms with van der Waals surface area (Å²) in [6.45, 7) is 7.04. The fourth-order valence-electron chi connectivity index (χ4n) is 3.75. The Morgan fingerprint density at radius 2 is 2.19 bits per heavy atom. The molecule has 26 heavy (non-hydrogen) atoms. The number of rotatable bonds is 4. The number of amidine groups is 1. The van der Waals surface area contributed by atoms with Gasteiger partial charge >= 0.3 is 0 Å². The number of thioether (sulfide) groups is 2. The molecule has 0 radical (unpaired) electrons. The lowest BCUT2D eigenvalue weighted by atomic mass is 9.75. The molecule has 1 heterocycles. The second-order valence-electron chi connectivity index (χ2n) is 7.22. The van der Waals surface area contributed by atoms with Crippen LogP contribution in [-0.2, 0) is 6.42 Å². The van der Waals surface area contributed by atoms with Gasteiger partial charge in [0.15, 0.2) is 5.17 Å². The average molecular weight is 405 g/mol. The molecule has 2 fully saturated rings. The fraction of sp³-hybridized carbons (Fsp3) is 0.524. The minimum Gasteiger partial charge on any atom is -0.306 e. The number of nitrogens with zero attached hydrogens (tertiary/aromatic N) is 2. The second kappa shape index (κ2) is 9.43. The molecule has 2 aliphatic rings. The Bertz CT molecular complexity index is 678. The maximum absolute atomic E-state index is 5.78. The minimum atomic E-state index is 0.409. The van der Waals surface area contributed by atoms with Crippen molar-refractivity contribution in [2.24, 2.45) is 10.4 Å². The lowest BCUT2D eigenvalue weighted by Gasteiger charge is -2.45. The van der Waals surface area contributed by atoms with Gasteiger partial charge in [-0.05, 0) is 42.4 Å². The first-order valence-electron chi connectivity index (χ1n) is 9.51. The maximum atomic E-state index is 5.78. The zero-order valence-corrected chi connectivity index (χ0v) is 18.0. The number of aliphatic imine (C=N–C) groups is 1. The molecular formula is C21H28N2S3. The molecule has 1 aliphatic carbocycles. The van der Waals surface area contributed by atoms with Crippen molar-refractivity contribution < 1.29 is 0 Å². The highest BCUT2D eigenvalue weighted by Crippen LogP contribution is 2.44. The van der Waals surface area contributed by atoms with Crippen LogP contribution in [0.15, 0.2) is 41.9 Å². The quantitative estimate of drug-likeness (QED) is 0.423. The van der Waals surface area contributed by atoms with Crippen molar-refractivity contribution in [1.82, 2.24) is 4.90 Å². The van der Waals surface area contributed by atoms with Crippen LogP contribution in [0, 0.1) is 5.41 Å². The largest absolute Gasteiger partial charge is 0.306 e. The van der Waals surface area contributed by atoms with Gasteiger partial charge in [-0.25, -0.2) is 4.99 Å². The SMILES string of the molecule is C=CCSC(=S)N1CC2(CCCCC2)CSC1=Nc1cccc(CC)c1. The lowest BCUT2D eigenvalue weighted by molar-refractivity contribution is 0.194. The molecule has 3 rings (SSSR count). The van der Waals surface area contributed by atoms with Crippen molar-refractivity contribution in [3.05, 3.63) is 42.5 Å². The van der Waals surface area contributed by atoms with Gasteiger partial charge in [0.1, 0.15) is 4.32 Å². The predicted octanol–water partition coefficient (Wildman–Crippen LogP) is 6.44. The van der Waals surface area contributed by atoms with E-state index in [2.05, 4.69) is 42.7 Å². The number of thiocarbonyl (C=S) groups is 1. The predicted molar refractivity (Wildman–Crippen MR) is 123 cm³/mol. The summed E-state index contributed by atoms with van der Waals surface area (Å²) >= 11 is 9.37. The van der Waals surface area contributed by atoms with Crippen LogP contribution in [0.5, 0.6) is 0 Å². The van der Waals surface area contributed by atoms with Gasteiger partial charge in [0, 0.05) is 18.1 Å². The third-order valence-corrected chi connectivity index (χ3v) is 8.00. The van der Waals surface area contributed by atoms with E-state index in [9.17, 15) is 0 Å². The van der Waals surface area contributed by atoms with E-state index in [1.165, 1.54) is 43.4 Å². The van der Waals surface area contributed by atoms with Crippen molar-refractivity contribution in [3.8, 4) is 0 Å². The third-order valence-electron chi connectivity index (χ3n) is 5.23. The summed E-state index contributed by atoms with van der Waals surface area (Å²) in [4.78, 5) is 7.30. The van der Waals surface area contributed by atoms with Crippen LogP contribution in [0.2, 0.25) is 0 Å². The van der Waals surface area contributed by atoms with Crippen LogP contribution in [-0.4, -0.2) is 32.4 Å².